The van der Waals surface area contributed by atoms with E-state index in [1.54, 1.807) is 42.5 Å². The number of fused-ring (bicyclic) bond motifs is 1. The van der Waals surface area contributed by atoms with Crippen LogP contribution in [0.25, 0.3) is 16.0 Å². The molecule has 0 aliphatic carbocycles. The second-order valence-corrected chi connectivity index (χ2v) is 10.3. The molecule has 1 fully saturated rings. The van der Waals surface area contributed by atoms with E-state index in [1.807, 2.05) is 24.3 Å². The van der Waals surface area contributed by atoms with Crippen molar-refractivity contribution in [1.29, 1.82) is 0 Å². The second-order valence-electron chi connectivity index (χ2n) is 7.56. The number of ketones is 1. The van der Waals surface area contributed by atoms with E-state index >= 15 is 0 Å². The van der Waals surface area contributed by atoms with E-state index in [0.717, 1.165) is 8.27 Å². The molecular formula is C25H16ClIN2O4S. The highest BCUT2D eigenvalue weighted by Gasteiger charge is 2.48. The van der Waals surface area contributed by atoms with Gasteiger partial charge in [-0.3, -0.25) is 14.5 Å². The monoisotopic (exact) mass is 602 g/mol. The third-order valence-electron chi connectivity index (χ3n) is 5.52. The first-order valence-electron chi connectivity index (χ1n) is 10.1. The van der Waals surface area contributed by atoms with Gasteiger partial charge in [0, 0.05) is 14.2 Å². The maximum atomic E-state index is 13.3. The zero-order valence-electron chi connectivity index (χ0n) is 17.7. The summed E-state index contributed by atoms with van der Waals surface area (Å²) in [4.78, 5) is 32.6. The highest BCUT2D eigenvalue weighted by molar-refractivity contribution is 14.1. The molecule has 6 nitrogen and oxygen atoms in total. The average Bonchev–Trinajstić information content (AvgIpc) is 3.37. The number of rotatable bonds is 4. The van der Waals surface area contributed by atoms with Crippen LogP contribution < -0.4 is 9.64 Å². The SMILES string of the molecule is COc1cccc(/C(O)=C2\C(=O)C(=O)N(c3nc4ccc(Cl)cc4s3)C2c2ccc(I)cc2)c1. The first kappa shape index (κ1) is 22.8. The minimum atomic E-state index is -0.848. The van der Waals surface area contributed by atoms with Crippen LogP contribution in [0.2, 0.25) is 5.02 Å². The number of anilines is 1. The molecule has 2 heterocycles. The van der Waals surface area contributed by atoms with E-state index < -0.39 is 17.7 Å². The number of carbonyl (C=O) groups excluding carboxylic acids is 2. The van der Waals surface area contributed by atoms with Gasteiger partial charge >= 0.3 is 5.91 Å². The summed E-state index contributed by atoms with van der Waals surface area (Å²) in [6, 6.07) is 18.6. The van der Waals surface area contributed by atoms with Crippen LogP contribution in [0.1, 0.15) is 17.2 Å². The number of halogens is 2. The molecule has 4 aromatic rings. The maximum absolute atomic E-state index is 13.3. The van der Waals surface area contributed by atoms with E-state index in [0.29, 0.717) is 32.5 Å². The normalized spacial score (nSPS) is 17.5. The van der Waals surface area contributed by atoms with Crippen LogP contribution in [0.5, 0.6) is 5.75 Å². The van der Waals surface area contributed by atoms with Crippen LogP contribution >= 0.6 is 45.5 Å². The number of amides is 1. The Morgan fingerprint density at radius 1 is 1.12 bits per heavy atom. The Morgan fingerprint density at radius 3 is 2.62 bits per heavy atom. The fourth-order valence-corrected chi connectivity index (χ4v) is 5.53. The first-order chi connectivity index (χ1) is 16.4. The van der Waals surface area contributed by atoms with Crippen molar-refractivity contribution in [3.05, 3.63) is 92.0 Å². The smallest absolute Gasteiger partial charge is 0.301 e. The molecule has 3 aromatic carbocycles. The van der Waals surface area contributed by atoms with Crippen LogP contribution in [0.15, 0.2) is 72.3 Å². The predicted octanol–water partition coefficient (Wildman–Crippen LogP) is 6.19. The lowest BCUT2D eigenvalue weighted by atomic mass is 9.95. The molecule has 0 bridgehead atoms. The van der Waals surface area contributed by atoms with Crippen LogP contribution in [0.4, 0.5) is 5.13 Å². The van der Waals surface area contributed by atoms with E-state index in [9.17, 15) is 14.7 Å². The van der Waals surface area contributed by atoms with Gasteiger partial charge in [0.2, 0.25) is 0 Å². The fourth-order valence-electron chi connectivity index (χ4n) is 3.91. The molecule has 1 atom stereocenters. The molecule has 1 N–H and O–H groups in total. The summed E-state index contributed by atoms with van der Waals surface area (Å²) in [6.07, 6.45) is 0. The highest BCUT2D eigenvalue weighted by atomic mass is 127. The van der Waals surface area contributed by atoms with Gasteiger partial charge in [-0.1, -0.05) is 47.2 Å². The summed E-state index contributed by atoms with van der Waals surface area (Å²) in [5, 5.41) is 12.2. The Balaban J connectivity index is 1.73. The molecule has 34 heavy (non-hydrogen) atoms. The maximum Gasteiger partial charge on any atom is 0.301 e. The Morgan fingerprint density at radius 2 is 1.88 bits per heavy atom. The van der Waals surface area contributed by atoms with E-state index in [1.165, 1.54) is 23.3 Å². The lowest BCUT2D eigenvalue weighted by molar-refractivity contribution is -0.132. The number of methoxy groups -OCH3 is 1. The lowest BCUT2D eigenvalue weighted by Gasteiger charge is -2.23. The van der Waals surface area contributed by atoms with Crippen molar-refractivity contribution in [2.45, 2.75) is 6.04 Å². The van der Waals surface area contributed by atoms with Gasteiger partial charge in [0.25, 0.3) is 5.78 Å². The molecular weight excluding hydrogens is 587 g/mol. The molecule has 1 amide bonds. The molecule has 9 heteroatoms. The average molecular weight is 603 g/mol. The third kappa shape index (κ3) is 3.95. The molecule has 0 saturated carbocycles. The molecule has 0 radical (unpaired) electrons. The quantitative estimate of drug-likeness (QED) is 0.130. The molecule has 170 valence electrons. The van der Waals surface area contributed by atoms with Gasteiger partial charge in [-0.2, -0.15) is 0 Å². The topological polar surface area (TPSA) is 79.7 Å². The van der Waals surface area contributed by atoms with Gasteiger partial charge in [0.1, 0.15) is 11.5 Å². The number of ether oxygens (including phenoxy) is 1. The van der Waals surface area contributed by atoms with E-state index in [2.05, 4.69) is 27.6 Å². The number of nitrogens with zero attached hydrogens (tertiary/aromatic N) is 2. The van der Waals surface area contributed by atoms with Crippen molar-refractivity contribution >= 4 is 78.3 Å². The minimum Gasteiger partial charge on any atom is -0.507 e. The number of aliphatic hydroxyl groups is 1. The summed E-state index contributed by atoms with van der Waals surface area (Å²) in [6.45, 7) is 0. The summed E-state index contributed by atoms with van der Waals surface area (Å²) < 4.78 is 7.05. The van der Waals surface area contributed by atoms with Crippen LogP contribution in [-0.4, -0.2) is 28.9 Å². The summed E-state index contributed by atoms with van der Waals surface area (Å²) in [5.41, 5.74) is 1.72. The van der Waals surface area contributed by atoms with E-state index in [-0.39, 0.29) is 11.3 Å². The molecule has 0 spiro atoms. The summed E-state index contributed by atoms with van der Waals surface area (Å²) >= 11 is 9.58. The van der Waals surface area contributed by atoms with Gasteiger partial charge in [0.05, 0.1) is 28.9 Å². The van der Waals surface area contributed by atoms with Gasteiger partial charge in [-0.25, -0.2) is 4.98 Å². The third-order valence-corrected chi connectivity index (χ3v) is 7.49. The summed E-state index contributed by atoms with van der Waals surface area (Å²) in [5.74, 6) is -1.28. The number of aliphatic hydroxyl groups excluding tert-OH is 1. The first-order valence-corrected chi connectivity index (χ1v) is 12.4. The van der Waals surface area contributed by atoms with Crippen molar-refractivity contribution < 1.29 is 19.4 Å². The Bertz CT molecular complexity index is 1480. The predicted molar refractivity (Wildman–Crippen MR) is 142 cm³/mol. The van der Waals surface area contributed by atoms with Crippen LogP contribution in [0.3, 0.4) is 0 Å². The lowest BCUT2D eigenvalue weighted by Crippen LogP contribution is -2.29. The summed E-state index contributed by atoms with van der Waals surface area (Å²) in [7, 11) is 1.52. The van der Waals surface area contributed by atoms with Gasteiger partial charge in [-0.05, 0) is 70.6 Å². The highest BCUT2D eigenvalue weighted by Crippen LogP contribution is 2.44. The molecule has 5 rings (SSSR count). The largest absolute Gasteiger partial charge is 0.507 e. The zero-order chi connectivity index (χ0) is 24.0. The van der Waals surface area contributed by atoms with E-state index in [4.69, 9.17) is 16.3 Å². The molecule has 1 unspecified atom stereocenters. The molecule has 1 aromatic heterocycles. The number of thiazole rings is 1. The number of Topliss-reactive ketones (excluding diaryl/α,β-unsaturated/α-hetero) is 1. The number of hydrogen-bond acceptors (Lipinski definition) is 6. The molecule has 1 aliphatic heterocycles. The van der Waals surface area contributed by atoms with Crippen molar-refractivity contribution in [3.63, 3.8) is 0 Å². The fraction of sp³-hybridized carbons (Fsp3) is 0.0800. The van der Waals surface area contributed by atoms with Gasteiger partial charge < -0.3 is 9.84 Å². The minimum absolute atomic E-state index is 0.00301. The molecule has 1 aliphatic rings. The van der Waals surface area contributed by atoms with Gasteiger partial charge in [0.15, 0.2) is 5.13 Å². The standard InChI is InChI=1S/C25H16ClIN2O4S/c1-33-17-4-2-3-14(11-17)22(30)20-21(13-5-8-16(27)9-6-13)29(24(32)23(20)31)25-28-18-10-7-15(26)12-19(18)34-25/h2-12,21,30H,1H3/b22-20+. The van der Waals surface area contributed by atoms with Crippen molar-refractivity contribution in [2.24, 2.45) is 0 Å². The number of hydrogen-bond donors (Lipinski definition) is 1. The van der Waals surface area contributed by atoms with Crippen molar-refractivity contribution in [2.75, 3.05) is 12.0 Å². The van der Waals surface area contributed by atoms with Crippen LogP contribution in [0, 0.1) is 3.57 Å². The van der Waals surface area contributed by atoms with Gasteiger partial charge in [-0.15, -0.1) is 0 Å². The Kier molecular flexibility index (Phi) is 6.05. The number of carbonyl (C=O) groups is 2. The zero-order valence-corrected chi connectivity index (χ0v) is 21.4. The molecule has 1 saturated heterocycles. The van der Waals surface area contributed by atoms with Crippen molar-refractivity contribution in [3.8, 4) is 5.75 Å². The van der Waals surface area contributed by atoms with Crippen molar-refractivity contribution in [1.82, 2.24) is 4.98 Å². The van der Waals surface area contributed by atoms with Crippen LogP contribution in [-0.2, 0) is 9.59 Å². The number of benzene rings is 3. The second kappa shape index (κ2) is 9.01. The Hall–Kier alpha value is -2.95. The Labute approximate surface area is 217 Å². The number of aromatic nitrogens is 1.